The SMILES string of the molecule is Cn1cnc(C=C2COC2)c1-c1ccccc1. The Morgan fingerprint density at radius 1 is 1.24 bits per heavy atom. The van der Waals surface area contributed by atoms with Crippen molar-refractivity contribution in [1.82, 2.24) is 9.55 Å². The number of hydrogen-bond acceptors (Lipinski definition) is 2. The van der Waals surface area contributed by atoms with Gasteiger partial charge in [0.15, 0.2) is 0 Å². The van der Waals surface area contributed by atoms with E-state index in [4.69, 9.17) is 4.74 Å². The normalized spacial score (nSPS) is 14.5. The number of aryl methyl sites for hydroxylation is 1. The lowest BCUT2D eigenvalue weighted by molar-refractivity contribution is 0.105. The maximum Gasteiger partial charge on any atom is 0.0955 e. The Morgan fingerprint density at radius 2 is 2.00 bits per heavy atom. The molecule has 0 N–H and O–H groups in total. The van der Waals surface area contributed by atoms with Crippen molar-refractivity contribution < 1.29 is 4.74 Å². The molecular formula is C14H14N2O. The van der Waals surface area contributed by atoms with Gasteiger partial charge in [0, 0.05) is 12.6 Å². The van der Waals surface area contributed by atoms with E-state index in [0.717, 1.165) is 24.6 Å². The van der Waals surface area contributed by atoms with E-state index in [-0.39, 0.29) is 0 Å². The van der Waals surface area contributed by atoms with Crippen molar-refractivity contribution in [3.8, 4) is 11.3 Å². The van der Waals surface area contributed by atoms with Crippen molar-refractivity contribution in [3.05, 3.63) is 47.9 Å². The van der Waals surface area contributed by atoms with Crippen molar-refractivity contribution >= 4 is 6.08 Å². The number of ether oxygens (including phenoxy) is 1. The maximum atomic E-state index is 5.16. The zero-order valence-electron chi connectivity index (χ0n) is 9.76. The Labute approximate surface area is 100 Å². The summed E-state index contributed by atoms with van der Waals surface area (Å²) in [6, 6.07) is 10.3. The van der Waals surface area contributed by atoms with Crippen LogP contribution >= 0.6 is 0 Å². The van der Waals surface area contributed by atoms with Gasteiger partial charge in [0.05, 0.1) is 30.9 Å². The summed E-state index contributed by atoms with van der Waals surface area (Å²) in [6.45, 7) is 1.48. The minimum Gasteiger partial charge on any atom is -0.373 e. The molecule has 0 bridgehead atoms. The van der Waals surface area contributed by atoms with Crippen molar-refractivity contribution in [3.63, 3.8) is 0 Å². The van der Waals surface area contributed by atoms with E-state index in [1.807, 2.05) is 31.6 Å². The molecule has 0 aliphatic carbocycles. The summed E-state index contributed by atoms with van der Waals surface area (Å²) >= 11 is 0. The lowest BCUT2D eigenvalue weighted by atomic mass is 10.1. The molecule has 3 rings (SSSR count). The number of hydrogen-bond donors (Lipinski definition) is 0. The van der Waals surface area contributed by atoms with E-state index in [2.05, 4.69) is 27.8 Å². The molecule has 0 amide bonds. The maximum absolute atomic E-state index is 5.16. The molecule has 17 heavy (non-hydrogen) atoms. The lowest BCUT2D eigenvalue weighted by Gasteiger charge is -2.17. The van der Waals surface area contributed by atoms with E-state index in [1.165, 1.54) is 11.1 Å². The minimum absolute atomic E-state index is 0.741. The van der Waals surface area contributed by atoms with Crippen LogP contribution in [0.3, 0.4) is 0 Å². The van der Waals surface area contributed by atoms with E-state index in [1.54, 1.807) is 0 Å². The van der Waals surface area contributed by atoms with Crippen LogP contribution in [0, 0.1) is 0 Å². The van der Waals surface area contributed by atoms with Crippen LogP contribution in [0.2, 0.25) is 0 Å². The van der Waals surface area contributed by atoms with Crippen LogP contribution in [0.25, 0.3) is 17.3 Å². The van der Waals surface area contributed by atoms with Gasteiger partial charge in [-0.15, -0.1) is 0 Å². The lowest BCUT2D eigenvalue weighted by Crippen LogP contribution is -2.15. The van der Waals surface area contributed by atoms with Crippen LogP contribution in [0.15, 0.2) is 42.2 Å². The van der Waals surface area contributed by atoms with Crippen LogP contribution in [0.1, 0.15) is 5.69 Å². The molecule has 3 heteroatoms. The summed E-state index contributed by atoms with van der Waals surface area (Å²) in [6.07, 6.45) is 3.99. The highest BCUT2D eigenvalue weighted by atomic mass is 16.5. The van der Waals surface area contributed by atoms with Gasteiger partial charge in [0.2, 0.25) is 0 Å². The first kappa shape index (κ1) is 10.3. The number of nitrogens with zero attached hydrogens (tertiary/aromatic N) is 2. The highest BCUT2D eigenvalue weighted by Gasteiger charge is 2.13. The predicted octanol–water partition coefficient (Wildman–Crippen LogP) is 2.50. The molecule has 1 saturated heterocycles. The minimum atomic E-state index is 0.741. The van der Waals surface area contributed by atoms with Crippen LogP contribution < -0.4 is 0 Å². The van der Waals surface area contributed by atoms with Gasteiger partial charge in [0.1, 0.15) is 0 Å². The average Bonchev–Trinajstić information content (AvgIpc) is 2.66. The molecule has 2 heterocycles. The molecule has 0 atom stereocenters. The largest absolute Gasteiger partial charge is 0.373 e. The topological polar surface area (TPSA) is 27.1 Å². The van der Waals surface area contributed by atoms with Gasteiger partial charge in [-0.05, 0) is 11.6 Å². The standard InChI is InChI=1S/C14H14N2O/c1-16-10-15-13(7-11-8-17-9-11)14(16)12-5-3-2-4-6-12/h2-7,10H,8-9H2,1H3. The van der Waals surface area contributed by atoms with Crippen LogP contribution in [-0.4, -0.2) is 22.8 Å². The molecule has 0 radical (unpaired) electrons. The quantitative estimate of drug-likeness (QED) is 0.786. The van der Waals surface area contributed by atoms with Crippen molar-refractivity contribution in [2.75, 3.05) is 13.2 Å². The Morgan fingerprint density at radius 3 is 2.65 bits per heavy atom. The fourth-order valence-corrected chi connectivity index (χ4v) is 2.00. The van der Waals surface area contributed by atoms with Gasteiger partial charge in [-0.3, -0.25) is 0 Å². The molecular weight excluding hydrogens is 212 g/mol. The van der Waals surface area contributed by atoms with Gasteiger partial charge in [-0.25, -0.2) is 4.98 Å². The first-order chi connectivity index (χ1) is 8.34. The molecule has 1 aromatic heterocycles. The summed E-state index contributed by atoms with van der Waals surface area (Å²) in [4.78, 5) is 4.44. The van der Waals surface area contributed by atoms with E-state index >= 15 is 0 Å². The molecule has 0 saturated carbocycles. The van der Waals surface area contributed by atoms with Crippen molar-refractivity contribution in [2.24, 2.45) is 7.05 Å². The highest BCUT2D eigenvalue weighted by molar-refractivity contribution is 5.71. The summed E-state index contributed by atoms with van der Waals surface area (Å²) in [7, 11) is 2.02. The second-order valence-corrected chi connectivity index (χ2v) is 4.25. The van der Waals surface area contributed by atoms with Crippen LogP contribution in [0.4, 0.5) is 0 Å². The number of imidazole rings is 1. The molecule has 2 aromatic rings. The fraction of sp³-hybridized carbons (Fsp3) is 0.214. The first-order valence-corrected chi connectivity index (χ1v) is 5.68. The summed E-state index contributed by atoms with van der Waals surface area (Å²) in [5, 5.41) is 0. The zero-order chi connectivity index (χ0) is 11.7. The highest BCUT2D eigenvalue weighted by Crippen LogP contribution is 2.25. The van der Waals surface area contributed by atoms with E-state index in [0.29, 0.717) is 0 Å². The third-order valence-corrected chi connectivity index (χ3v) is 2.93. The zero-order valence-corrected chi connectivity index (χ0v) is 9.76. The van der Waals surface area contributed by atoms with Crippen molar-refractivity contribution in [2.45, 2.75) is 0 Å². The number of benzene rings is 1. The molecule has 1 aromatic carbocycles. The van der Waals surface area contributed by atoms with Crippen molar-refractivity contribution in [1.29, 1.82) is 0 Å². The molecule has 0 unspecified atom stereocenters. The second-order valence-electron chi connectivity index (χ2n) is 4.25. The smallest absolute Gasteiger partial charge is 0.0955 e. The summed E-state index contributed by atoms with van der Waals surface area (Å²) in [5.41, 5.74) is 4.68. The molecule has 3 nitrogen and oxygen atoms in total. The Kier molecular flexibility index (Phi) is 2.53. The van der Waals surface area contributed by atoms with Crippen LogP contribution in [0.5, 0.6) is 0 Å². The molecule has 86 valence electrons. The molecule has 0 spiro atoms. The first-order valence-electron chi connectivity index (χ1n) is 5.68. The molecule has 1 fully saturated rings. The van der Waals surface area contributed by atoms with Crippen LogP contribution in [-0.2, 0) is 11.8 Å². The Hall–Kier alpha value is -1.87. The Bertz CT molecular complexity index is 549. The van der Waals surface area contributed by atoms with Gasteiger partial charge < -0.3 is 9.30 Å². The fourth-order valence-electron chi connectivity index (χ4n) is 2.00. The monoisotopic (exact) mass is 226 g/mol. The third-order valence-electron chi connectivity index (χ3n) is 2.93. The van der Waals surface area contributed by atoms with Gasteiger partial charge in [0.25, 0.3) is 0 Å². The molecule has 1 aliphatic heterocycles. The summed E-state index contributed by atoms with van der Waals surface area (Å²) < 4.78 is 7.21. The average molecular weight is 226 g/mol. The number of aromatic nitrogens is 2. The Balaban J connectivity index is 2.06. The third kappa shape index (κ3) is 1.89. The predicted molar refractivity (Wildman–Crippen MR) is 67.4 cm³/mol. The number of rotatable bonds is 2. The van der Waals surface area contributed by atoms with Gasteiger partial charge in [-0.2, -0.15) is 0 Å². The van der Waals surface area contributed by atoms with E-state index in [9.17, 15) is 0 Å². The van der Waals surface area contributed by atoms with E-state index < -0.39 is 0 Å². The van der Waals surface area contributed by atoms with Gasteiger partial charge >= 0.3 is 0 Å². The second kappa shape index (κ2) is 4.18. The summed E-state index contributed by atoms with van der Waals surface area (Å²) in [5.74, 6) is 0. The van der Waals surface area contributed by atoms with Gasteiger partial charge in [-0.1, -0.05) is 30.3 Å². The molecule has 1 aliphatic rings.